The molecule has 3 rings (SSSR count). The molecule has 0 atom stereocenters. The second-order valence-electron chi connectivity index (χ2n) is 8.01. The molecule has 1 aromatic heterocycles. The zero-order valence-corrected chi connectivity index (χ0v) is 19.7. The van der Waals surface area contributed by atoms with Crippen LogP contribution in [0.1, 0.15) is 28.7 Å². The molecular formula is C24H32FN3O3S. The molecule has 0 spiro atoms. The van der Waals surface area contributed by atoms with E-state index < -0.39 is 0 Å². The highest BCUT2D eigenvalue weighted by Gasteiger charge is 2.22. The minimum absolute atomic E-state index is 0.0275. The zero-order chi connectivity index (χ0) is 22.9. The molecule has 0 unspecified atom stereocenters. The van der Waals surface area contributed by atoms with Crippen molar-refractivity contribution in [2.45, 2.75) is 33.4 Å². The van der Waals surface area contributed by atoms with Gasteiger partial charge in [-0.3, -0.25) is 14.5 Å². The quantitative estimate of drug-likeness (QED) is 0.545. The first-order chi connectivity index (χ1) is 15.4. The molecule has 2 heterocycles. The molecule has 1 aromatic carbocycles. The van der Waals surface area contributed by atoms with Gasteiger partial charge >= 0.3 is 0 Å². The molecule has 6 nitrogen and oxygen atoms in total. The lowest BCUT2D eigenvalue weighted by molar-refractivity contribution is -0.141. The first-order valence-electron chi connectivity index (χ1n) is 11.1. The smallest absolute Gasteiger partial charge is 0.242 e. The van der Waals surface area contributed by atoms with Crippen LogP contribution in [0.4, 0.5) is 4.39 Å². The normalized spacial score (nSPS) is 14.3. The molecule has 0 bridgehead atoms. The van der Waals surface area contributed by atoms with Crippen LogP contribution in [0.3, 0.4) is 0 Å². The van der Waals surface area contributed by atoms with Crippen molar-refractivity contribution in [3.8, 4) is 0 Å². The van der Waals surface area contributed by atoms with E-state index in [1.54, 1.807) is 33.3 Å². The number of carbonyl (C=O) groups excluding carboxylic acids is 2. The summed E-state index contributed by atoms with van der Waals surface area (Å²) in [5.41, 5.74) is 0.856. The number of ether oxygens (including phenoxy) is 1. The first-order valence-corrected chi connectivity index (χ1v) is 11.9. The number of hydrogen-bond acceptors (Lipinski definition) is 5. The summed E-state index contributed by atoms with van der Waals surface area (Å²) in [6, 6.07) is 10.3. The van der Waals surface area contributed by atoms with Crippen molar-refractivity contribution in [3.05, 3.63) is 57.5 Å². The van der Waals surface area contributed by atoms with E-state index in [1.807, 2.05) is 26.0 Å². The fourth-order valence-corrected chi connectivity index (χ4v) is 4.57. The van der Waals surface area contributed by atoms with Gasteiger partial charge in [0.05, 0.1) is 26.3 Å². The van der Waals surface area contributed by atoms with Gasteiger partial charge in [-0.2, -0.15) is 0 Å². The average molecular weight is 462 g/mol. The molecule has 1 saturated heterocycles. The fourth-order valence-electron chi connectivity index (χ4n) is 3.67. The Labute approximate surface area is 193 Å². The van der Waals surface area contributed by atoms with Gasteiger partial charge in [-0.15, -0.1) is 11.3 Å². The van der Waals surface area contributed by atoms with Gasteiger partial charge in [-0.25, -0.2) is 4.39 Å². The van der Waals surface area contributed by atoms with Gasteiger partial charge in [0.25, 0.3) is 0 Å². The van der Waals surface area contributed by atoms with Crippen LogP contribution in [0.5, 0.6) is 0 Å². The molecule has 1 fully saturated rings. The Hall–Kier alpha value is -2.29. The van der Waals surface area contributed by atoms with Crippen LogP contribution in [0.25, 0.3) is 0 Å². The minimum Gasteiger partial charge on any atom is -0.379 e. The Balaban J connectivity index is 1.69. The van der Waals surface area contributed by atoms with Gasteiger partial charge in [0.2, 0.25) is 11.8 Å². The standard InChI is InChI=1S/C24H32FN3O3S/c1-3-23(29)27(11-10-26-12-14-31-15-13-26)18-24(30)28(17-22-9-4-19(2)32-22)16-20-5-7-21(25)8-6-20/h4-9H,3,10-18H2,1-2H3. The molecule has 32 heavy (non-hydrogen) atoms. The van der Waals surface area contributed by atoms with Crippen LogP contribution in [-0.4, -0.2) is 72.5 Å². The number of halogens is 1. The summed E-state index contributed by atoms with van der Waals surface area (Å²) in [6.07, 6.45) is 0.360. The number of thiophene rings is 1. The molecule has 174 valence electrons. The number of morpholine rings is 1. The molecular weight excluding hydrogens is 429 g/mol. The summed E-state index contributed by atoms with van der Waals surface area (Å²) in [7, 11) is 0. The van der Waals surface area contributed by atoms with Crippen molar-refractivity contribution in [1.29, 1.82) is 0 Å². The van der Waals surface area contributed by atoms with E-state index >= 15 is 0 Å². The molecule has 8 heteroatoms. The molecule has 1 aliphatic rings. The predicted octanol–water partition coefficient (Wildman–Crippen LogP) is 3.30. The number of rotatable bonds is 10. The second-order valence-corrected chi connectivity index (χ2v) is 9.38. The van der Waals surface area contributed by atoms with Gasteiger partial charge in [0.1, 0.15) is 5.82 Å². The van der Waals surface area contributed by atoms with Crippen LogP contribution in [0.2, 0.25) is 0 Å². The maximum Gasteiger partial charge on any atom is 0.242 e. The average Bonchev–Trinajstić information content (AvgIpc) is 3.22. The number of amides is 2. The number of carbonyl (C=O) groups is 2. The third kappa shape index (κ3) is 7.39. The SMILES string of the molecule is CCC(=O)N(CCN1CCOCC1)CC(=O)N(Cc1ccc(F)cc1)Cc1ccc(C)s1. The molecule has 0 radical (unpaired) electrons. The highest BCUT2D eigenvalue weighted by molar-refractivity contribution is 7.11. The van der Waals surface area contributed by atoms with Crippen LogP contribution in [-0.2, 0) is 27.4 Å². The van der Waals surface area contributed by atoms with Crippen molar-refractivity contribution >= 4 is 23.2 Å². The fraction of sp³-hybridized carbons (Fsp3) is 0.500. The number of hydrogen-bond donors (Lipinski definition) is 0. The summed E-state index contributed by atoms with van der Waals surface area (Å²) >= 11 is 1.65. The summed E-state index contributed by atoms with van der Waals surface area (Å²) in [4.78, 5) is 33.8. The lowest BCUT2D eigenvalue weighted by atomic mass is 10.2. The van der Waals surface area contributed by atoms with Gasteiger partial charge < -0.3 is 14.5 Å². The van der Waals surface area contributed by atoms with Gasteiger partial charge in [-0.05, 0) is 36.8 Å². The topological polar surface area (TPSA) is 53.1 Å². The second kappa shape index (κ2) is 12.1. The monoisotopic (exact) mass is 461 g/mol. The van der Waals surface area contributed by atoms with E-state index in [-0.39, 0.29) is 24.2 Å². The number of benzene rings is 1. The lowest BCUT2D eigenvalue weighted by Crippen LogP contribution is -2.46. The Morgan fingerprint density at radius 2 is 1.75 bits per heavy atom. The maximum absolute atomic E-state index is 13.3. The van der Waals surface area contributed by atoms with E-state index in [1.165, 1.54) is 17.0 Å². The maximum atomic E-state index is 13.3. The number of aryl methyl sites for hydroxylation is 1. The van der Waals surface area contributed by atoms with E-state index in [9.17, 15) is 14.0 Å². The third-order valence-electron chi connectivity index (χ3n) is 5.55. The Morgan fingerprint density at radius 3 is 2.38 bits per heavy atom. The van der Waals surface area contributed by atoms with Gasteiger partial charge in [0.15, 0.2) is 0 Å². The molecule has 1 aliphatic heterocycles. The van der Waals surface area contributed by atoms with Crippen LogP contribution >= 0.6 is 11.3 Å². The van der Waals surface area contributed by atoms with E-state index in [4.69, 9.17) is 4.74 Å². The lowest BCUT2D eigenvalue weighted by Gasteiger charge is -2.31. The largest absolute Gasteiger partial charge is 0.379 e. The summed E-state index contributed by atoms with van der Waals surface area (Å²) in [5, 5.41) is 0. The number of nitrogens with zero attached hydrogens (tertiary/aromatic N) is 3. The van der Waals surface area contributed by atoms with Crippen molar-refractivity contribution in [1.82, 2.24) is 14.7 Å². The summed E-state index contributed by atoms with van der Waals surface area (Å²) in [5.74, 6) is -0.437. The van der Waals surface area contributed by atoms with E-state index in [0.29, 0.717) is 39.3 Å². The van der Waals surface area contributed by atoms with Crippen molar-refractivity contribution in [2.24, 2.45) is 0 Å². The predicted molar refractivity (Wildman–Crippen MR) is 124 cm³/mol. The third-order valence-corrected chi connectivity index (χ3v) is 6.54. The molecule has 0 aliphatic carbocycles. The van der Waals surface area contributed by atoms with Crippen molar-refractivity contribution in [3.63, 3.8) is 0 Å². The van der Waals surface area contributed by atoms with E-state index in [0.717, 1.165) is 30.1 Å². The highest BCUT2D eigenvalue weighted by Crippen LogP contribution is 2.19. The van der Waals surface area contributed by atoms with Gasteiger partial charge in [-0.1, -0.05) is 19.1 Å². The van der Waals surface area contributed by atoms with Crippen LogP contribution in [0.15, 0.2) is 36.4 Å². The Kier molecular flexibility index (Phi) is 9.20. The van der Waals surface area contributed by atoms with Crippen molar-refractivity contribution in [2.75, 3.05) is 45.9 Å². The van der Waals surface area contributed by atoms with Gasteiger partial charge in [0, 0.05) is 48.9 Å². The molecule has 0 saturated carbocycles. The zero-order valence-electron chi connectivity index (χ0n) is 18.9. The Morgan fingerprint density at radius 1 is 1.03 bits per heavy atom. The molecule has 2 aromatic rings. The summed E-state index contributed by atoms with van der Waals surface area (Å²) < 4.78 is 18.7. The van der Waals surface area contributed by atoms with Crippen LogP contribution < -0.4 is 0 Å². The first kappa shape index (κ1) is 24.4. The van der Waals surface area contributed by atoms with Crippen LogP contribution in [0, 0.1) is 12.7 Å². The Bertz CT molecular complexity index is 881. The van der Waals surface area contributed by atoms with Crippen molar-refractivity contribution < 1.29 is 18.7 Å². The highest BCUT2D eigenvalue weighted by atomic mass is 32.1. The molecule has 0 N–H and O–H groups in total. The van der Waals surface area contributed by atoms with E-state index in [2.05, 4.69) is 4.90 Å². The molecule has 2 amide bonds. The summed E-state index contributed by atoms with van der Waals surface area (Å²) in [6.45, 7) is 9.06. The minimum atomic E-state index is -0.302.